The average molecular weight is 259 g/mol. The van der Waals surface area contributed by atoms with Gasteiger partial charge in [-0.15, -0.1) is 0 Å². The highest BCUT2D eigenvalue weighted by Gasteiger charge is 2.19. The first-order valence-corrected chi connectivity index (χ1v) is 7.88. The lowest BCUT2D eigenvalue weighted by Gasteiger charge is -2.29. The van der Waals surface area contributed by atoms with E-state index < -0.39 is 0 Å². The van der Waals surface area contributed by atoms with Gasteiger partial charge in [0.05, 0.1) is 0 Å². The van der Waals surface area contributed by atoms with Gasteiger partial charge < -0.3 is 5.32 Å². The molecule has 0 saturated heterocycles. The molecule has 1 aliphatic rings. The lowest BCUT2D eigenvalue weighted by Crippen LogP contribution is -2.34. The maximum Gasteiger partial charge on any atom is 0.0213 e. The highest BCUT2D eigenvalue weighted by molar-refractivity contribution is 5.37. The van der Waals surface area contributed by atoms with E-state index in [0.29, 0.717) is 6.04 Å². The molecule has 1 N–H and O–H groups in total. The number of benzene rings is 1. The van der Waals surface area contributed by atoms with E-state index in [1.54, 1.807) is 0 Å². The maximum atomic E-state index is 3.77. The van der Waals surface area contributed by atoms with E-state index >= 15 is 0 Å². The molecule has 1 nitrogen and oxygen atoms in total. The number of rotatable bonds is 4. The molecule has 0 heterocycles. The van der Waals surface area contributed by atoms with Gasteiger partial charge in [-0.1, -0.05) is 37.0 Å². The molecule has 1 unspecified atom stereocenters. The molecule has 0 spiro atoms. The van der Waals surface area contributed by atoms with Crippen LogP contribution in [0, 0.1) is 26.7 Å². The summed E-state index contributed by atoms with van der Waals surface area (Å²) in [5, 5.41) is 3.77. The minimum atomic E-state index is 0.653. The molecule has 1 atom stereocenters. The second-order valence-corrected chi connectivity index (χ2v) is 6.44. The van der Waals surface area contributed by atoms with Crippen LogP contribution in [0.5, 0.6) is 0 Å². The summed E-state index contributed by atoms with van der Waals surface area (Å²) in [5.74, 6) is 0.889. The molecule has 1 fully saturated rings. The second kappa shape index (κ2) is 6.56. The molecule has 0 bridgehead atoms. The van der Waals surface area contributed by atoms with Crippen LogP contribution in [0.2, 0.25) is 0 Å². The summed E-state index contributed by atoms with van der Waals surface area (Å²) in [6, 6.07) is 5.25. The number of hydrogen-bond acceptors (Lipinski definition) is 1. The van der Waals surface area contributed by atoms with Gasteiger partial charge in [-0.25, -0.2) is 0 Å². The molecule has 0 radical (unpaired) electrons. The summed E-state index contributed by atoms with van der Waals surface area (Å²) in [7, 11) is 0. The van der Waals surface area contributed by atoms with Gasteiger partial charge >= 0.3 is 0 Å². The Morgan fingerprint density at radius 1 is 1.05 bits per heavy atom. The van der Waals surface area contributed by atoms with E-state index in [1.807, 2.05) is 0 Å². The van der Waals surface area contributed by atoms with E-state index in [1.165, 1.54) is 54.4 Å². The minimum Gasteiger partial charge on any atom is -0.310 e. The van der Waals surface area contributed by atoms with Crippen LogP contribution in [-0.4, -0.2) is 6.04 Å². The van der Waals surface area contributed by atoms with E-state index in [9.17, 15) is 0 Å². The number of aryl methyl sites for hydroxylation is 3. The number of nitrogens with one attached hydrogen (secondary N) is 1. The Hall–Kier alpha value is -0.820. The Morgan fingerprint density at radius 3 is 2.21 bits per heavy atom. The largest absolute Gasteiger partial charge is 0.310 e. The second-order valence-electron chi connectivity index (χ2n) is 6.44. The van der Waals surface area contributed by atoms with E-state index in [4.69, 9.17) is 0 Å². The van der Waals surface area contributed by atoms with Crippen molar-refractivity contribution in [3.05, 3.63) is 34.4 Å². The Labute approximate surface area is 118 Å². The lowest BCUT2D eigenvalue weighted by atomic mass is 9.84. The highest BCUT2D eigenvalue weighted by atomic mass is 14.9. The predicted molar refractivity (Wildman–Crippen MR) is 83.5 cm³/mol. The fraction of sp³-hybridized carbons (Fsp3) is 0.667. The third-order valence-corrected chi connectivity index (χ3v) is 4.80. The normalized spacial score (nSPS) is 18.5. The topological polar surface area (TPSA) is 12.0 Å². The third kappa shape index (κ3) is 3.82. The van der Waals surface area contributed by atoms with Gasteiger partial charge in [-0.2, -0.15) is 0 Å². The first-order valence-electron chi connectivity index (χ1n) is 7.88. The molecular formula is C18H29N. The van der Waals surface area contributed by atoms with Crippen LogP contribution in [-0.2, 0) is 6.54 Å². The van der Waals surface area contributed by atoms with Gasteiger partial charge in [0.1, 0.15) is 0 Å². The van der Waals surface area contributed by atoms with Gasteiger partial charge in [0, 0.05) is 12.6 Å². The zero-order chi connectivity index (χ0) is 13.8. The molecule has 0 aromatic heterocycles. The van der Waals surface area contributed by atoms with Crippen LogP contribution in [0.4, 0.5) is 0 Å². The molecule has 2 rings (SSSR count). The van der Waals surface area contributed by atoms with Crippen LogP contribution in [0.25, 0.3) is 0 Å². The summed E-state index contributed by atoms with van der Waals surface area (Å²) in [6.45, 7) is 10.1. The predicted octanol–water partition coefficient (Wildman–Crippen LogP) is 4.67. The summed E-state index contributed by atoms with van der Waals surface area (Å²) in [6.07, 6.45) is 7.14. The van der Waals surface area contributed by atoms with E-state index in [2.05, 4.69) is 45.1 Å². The van der Waals surface area contributed by atoms with Gasteiger partial charge in [-0.05, 0) is 63.1 Å². The fourth-order valence-electron chi connectivity index (χ4n) is 3.55. The molecule has 19 heavy (non-hydrogen) atoms. The zero-order valence-corrected chi connectivity index (χ0v) is 13.1. The van der Waals surface area contributed by atoms with E-state index in [0.717, 1.165) is 12.5 Å². The van der Waals surface area contributed by atoms with Crippen molar-refractivity contribution in [1.82, 2.24) is 5.32 Å². The van der Waals surface area contributed by atoms with Crippen molar-refractivity contribution in [1.29, 1.82) is 0 Å². The summed E-state index contributed by atoms with van der Waals surface area (Å²) < 4.78 is 0. The molecule has 1 aliphatic carbocycles. The minimum absolute atomic E-state index is 0.653. The van der Waals surface area contributed by atoms with Gasteiger partial charge in [0.25, 0.3) is 0 Å². The smallest absolute Gasteiger partial charge is 0.0213 e. The Balaban J connectivity index is 1.94. The molecule has 1 aromatic carbocycles. The van der Waals surface area contributed by atoms with Crippen LogP contribution < -0.4 is 5.32 Å². The van der Waals surface area contributed by atoms with Gasteiger partial charge in [-0.3, -0.25) is 0 Å². The Bertz CT molecular complexity index is 393. The summed E-state index contributed by atoms with van der Waals surface area (Å²) >= 11 is 0. The molecule has 1 saturated carbocycles. The Morgan fingerprint density at radius 2 is 1.63 bits per heavy atom. The third-order valence-electron chi connectivity index (χ3n) is 4.80. The monoisotopic (exact) mass is 259 g/mol. The van der Waals surface area contributed by atoms with Crippen LogP contribution in [0.3, 0.4) is 0 Å². The van der Waals surface area contributed by atoms with Gasteiger partial charge in [0.2, 0.25) is 0 Å². The van der Waals surface area contributed by atoms with Crippen molar-refractivity contribution >= 4 is 0 Å². The number of hydrogen-bond donors (Lipinski definition) is 1. The molecule has 0 amide bonds. The van der Waals surface area contributed by atoms with Crippen molar-refractivity contribution in [3.63, 3.8) is 0 Å². The van der Waals surface area contributed by atoms with E-state index in [-0.39, 0.29) is 0 Å². The summed E-state index contributed by atoms with van der Waals surface area (Å²) in [4.78, 5) is 0. The lowest BCUT2D eigenvalue weighted by molar-refractivity contribution is 0.280. The molecule has 106 valence electrons. The van der Waals surface area contributed by atoms with Crippen LogP contribution in [0.1, 0.15) is 61.3 Å². The standard InChI is InChI=1S/C18H29N/c1-13-10-14(2)18(15(3)11-13)12-19-16(4)17-8-6-5-7-9-17/h10-11,16-17,19H,5-9,12H2,1-4H3. The first kappa shape index (κ1) is 14.6. The molecular weight excluding hydrogens is 230 g/mol. The quantitative estimate of drug-likeness (QED) is 0.828. The van der Waals surface area contributed by atoms with Crippen LogP contribution >= 0.6 is 0 Å². The van der Waals surface area contributed by atoms with Crippen molar-refractivity contribution in [2.45, 2.75) is 72.4 Å². The zero-order valence-electron chi connectivity index (χ0n) is 13.1. The van der Waals surface area contributed by atoms with Crippen molar-refractivity contribution in [3.8, 4) is 0 Å². The maximum absolute atomic E-state index is 3.77. The van der Waals surface area contributed by atoms with Crippen molar-refractivity contribution < 1.29 is 0 Å². The fourth-order valence-corrected chi connectivity index (χ4v) is 3.55. The van der Waals surface area contributed by atoms with Crippen LogP contribution in [0.15, 0.2) is 12.1 Å². The first-order chi connectivity index (χ1) is 9.08. The van der Waals surface area contributed by atoms with Gasteiger partial charge in [0.15, 0.2) is 0 Å². The molecule has 1 aromatic rings. The van der Waals surface area contributed by atoms with Crippen molar-refractivity contribution in [2.75, 3.05) is 0 Å². The molecule has 1 heteroatoms. The van der Waals surface area contributed by atoms with Crippen molar-refractivity contribution in [2.24, 2.45) is 5.92 Å². The summed E-state index contributed by atoms with van der Waals surface area (Å²) in [5.41, 5.74) is 5.73. The average Bonchev–Trinajstić information content (AvgIpc) is 2.38. The SMILES string of the molecule is Cc1cc(C)c(CNC(C)C2CCCCC2)c(C)c1. The Kier molecular flexibility index (Phi) is 5.04. The molecule has 0 aliphatic heterocycles. The highest BCUT2D eigenvalue weighted by Crippen LogP contribution is 2.26.